The molecule has 2 aromatic carbocycles. The first-order valence-electron chi connectivity index (χ1n) is 13.1. The highest BCUT2D eigenvalue weighted by atomic mass is 79.9. The third kappa shape index (κ3) is 6.65. The fourth-order valence-corrected chi connectivity index (χ4v) is 6.17. The molecular formula is C29H33BrF3N3O3. The molecular weight excluding hydrogens is 575 g/mol. The molecule has 0 spiro atoms. The van der Waals surface area contributed by atoms with Crippen molar-refractivity contribution < 1.29 is 27.6 Å². The van der Waals surface area contributed by atoms with E-state index in [0.29, 0.717) is 45.4 Å². The Bertz CT molecular complexity index is 1230. The van der Waals surface area contributed by atoms with Gasteiger partial charge >= 0.3 is 6.18 Å². The maximum atomic E-state index is 13.5. The van der Waals surface area contributed by atoms with Crippen molar-refractivity contribution >= 4 is 33.7 Å². The van der Waals surface area contributed by atoms with Crippen molar-refractivity contribution in [3.63, 3.8) is 0 Å². The van der Waals surface area contributed by atoms with E-state index in [4.69, 9.17) is 0 Å². The minimum absolute atomic E-state index is 0.0154. The van der Waals surface area contributed by atoms with Crippen LogP contribution < -0.4 is 0 Å². The van der Waals surface area contributed by atoms with Gasteiger partial charge < -0.3 is 14.7 Å². The fourth-order valence-electron chi connectivity index (χ4n) is 5.68. The van der Waals surface area contributed by atoms with Gasteiger partial charge in [-0.15, -0.1) is 0 Å². The lowest BCUT2D eigenvalue weighted by atomic mass is 9.83. The topological polar surface area (TPSA) is 60.9 Å². The second-order valence-electron chi connectivity index (χ2n) is 10.6. The van der Waals surface area contributed by atoms with Gasteiger partial charge in [0.25, 0.3) is 5.91 Å². The van der Waals surface area contributed by atoms with Gasteiger partial charge in [0.15, 0.2) is 0 Å². The molecule has 0 unspecified atom stereocenters. The first-order chi connectivity index (χ1) is 18.3. The minimum atomic E-state index is -4.58. The number of hydrogen-bond donors (Lipinski definition) is 0. The Morgan fingerprint density at radius 1 is 0.949 bits per heavy atom. The summed E-state index contributed by atoms with van der Waals surface area (Å²) in [4.78, 5) is 43.8. The van der Waals surface area contributed by atoms with Crippen molar-refractivity contribution in [2.75, 3.05) is 33.2 Å². The van der Waals surface area contributed by atoms with Crippen LogP contribution in [0.5, 0.6) is 0 Å². The number of likely N-dealkylation sites (tertiary alicyclic amines) is 2. The number of hydrogen-bond acceptors (Lipinski definition) is 3. The molecule has 2 aromatic rings. The number of carbonyl (C=O) groups excluding carboxylic acids is 3. The Hall–Kier alpha value is -2.88. The summed E-state index contributed by atoms with van der Waals surface area (Å²) in [6, 6.07) is 10.9. The van der Waals surface area contributed by atoms with E-state index in [1.54, 1.807) is 11.9 Å². The third-order valence-electron chi connectivity index (χ3n) is 7.97. The lowest BCUT2D eigenvalue weighted by molar-refractivity contribution is -0.141. The first kappa shape index (κ1) is 29.1. The number of piperidine rings is 2. The molecule has 2 aliphatic heterocycles. The molecule has 2 fully saturated rings. The molecule has 0 saturated carbocycles. The molecule has 0 N–H and O–H groups in total. The van der Waals surface area contributed by atoms with Crippen LogP contribution in [0.4, 0.5) is 13.2 Å². The minimum Gasteiger partial charge on any atom is -0.343 e. The van der Waals surface area contributed by atoms with Crippen molar-refractivity contribution in [1.29, 1.82) is 0 Å². The van der Waals surface area contributed by atoms with Gasteiger partial charge in [-0.1, -0.05) is 45.8 Å². The quantitative estimate of drug-likeness (QED) is 0.462. The van der Waals surface area contributed by atoms with E-state index in [1.165, 1.54) is 17.9 Å². The van der Waals surface area contributed by atoms with Crippen LogP contribution in [0.2, 0.25) is 0 Å². The number of nitrogens with zero attached hydrogens (tertiary/aromatic N) is 3. The van der Waals surface area contributed by atoms with E-state index in [2.05, 4.69) is 15.9 Å². The van der Waals surface area contributed by atoms with Gasteiger partial charge in [-0.3, -0.25) is 14.4 Å². The second-order valence-corrected chi connectivity index (χ2v) is 11.5. The van der Waals surface area contributed by atoms with Crippen LogP contribution in [0.1, 0.15) is 59.2 Å². The molecule has 0 aliphatic carbocycles. The van der Waals surface area contributed by atoms with Crippen LogP contribution in [-0.4, -0.2) is 71.7 Å². The Morgan fingerprint density at radius 2 is 1.56 bits per heavy atom. The molecule has 6 nitrogen and oxygen atoms in total. The molecule has 0 aromatic heterocycles. The third-order valence-corrected chi connectivity index (χ3v) is 8.43. The summed E-state index contributed by atoms with van der Waals surface area (Å²) in [5, 5.41) is 0. The van der Waals surface area contributed by atoms with Crippen molar-refractivity contribution in [1.82, 2.24) is 14.7 Å². The molecule has 0 bridgehead atoms. The van der Waals surface area contributed by atoms with Gasteiger partial charge in [0.1, 0.15) is 0 Å². The summed E-state index contributed by atoms with van der Waals surface area (Å²) in [6.45, 7) is 5.49. The Morgan fingerprint density at radius 3 is 2.15 bits per heavy atom. The van der Waals surface area contributed by atoms with Gasteiger partial charge in [-0.25, -0.2) is 0 Å². The average Bonchev–Trinajstić information content (AvgIpc) is 2.91. The lowest BCUT2D eigenvalue weighted by Crippen LogP contribution is -2.53. The molecule has 4 rings (SSSR count). The first-order valence-corrected chi connectivity index (χ1v) is 13.9. The van der Waals surface area contributed by atoms with Gasteiger partial charge in [0, 0.05) is 68.1 Å². The summed E-state index contributed by atoms with van der Waals surface area (Å²) in [5.41, 5.74) is 1.12. The Kier molecular flexibility index (Phi) is 8.73. The highest BCUT2D eigenvalue weighted by Crippen LogP contribution is 2.35. The van der Waals surface area contributed by atoms with Crippen LogP contribution in [0.25, 0.3) is 0 Å². The highest BCUT2D eigenvalue weighted by Gasteiger charge is 2.39. The van der Waals surface area contributed by atoms with E-state index < -0.39 is 17.6 Å². The highest BCUT2D eigenvalue weighted by molar-refractivity contribution is 9.10. The zero-order chi connectivity index (χ0) is 28.5. The standard InChI is InChI=1S/C29H33BrF3N3O3/c1-18-4-6-20(7-5-18)25-17-36(28(39)21-8-11-35(12-9-21)19(2)37)13-10-26(25)34(3)27(38)22-14-23(29(31,32)33)16-24(30)15-22/h4-7,14-16,21,25-26H,8-13,17H2,1-3H3/t25-,26+/m0/s1. The summed E-state index contributed by atoms with van der Waals surface area (Å²) in [7, 11) is 1.62. The van der Waals surface area contributed by atoms with E-state index >= 15 is 0 Å². The summed E-state index contributed by atoms with van der Waals surface area (Å²) < 4.78 is 40.4. The maximum absolute atomic E-state index is 13.5. The predicted molar refractivity (Wildman–Crippen MR) is 145 cm³/mol. The Balaban J connectivity index is 1.56. The second kappa shape index (κ2) is 11.7. The molecule has 3 amide bonds. The van der Waals surface area contributed by atoms with E-state index in [9.17, 15) is 27.6 Å². The lowest BCUT2D eigenvalue weighted by Gasteiger charge is -2.44. The SMILES string of the molecule is CC(=O)N1CCC(C(=O)N2CC[C@@H](N(C)C(=O)c3cc(Br)cc(C(F)(F)F)c3)[C@H](c3ccc(C)cc3)C2)CC1. The molecule has 2 aliphatic rings. The number of amides is 3. The zero-order valence-electron chi connectivity index (χ0n) is 22.3. The summed E-state index contributed by atoms with van der Waals surface area (Å²) in [6.07, 6.45) is -2.83. The largest absolute Gasteiger partial charge is 0.416 e. The van der Waals surface area contributed by atoms with Crippen molar-refractivity contribution in [2.24, 2.45) is 5.92 Å². The van der Waals surface area contributed by atoms with Crippen LogP contribution in [-0.2, 0) is 15.8 Å². The van der Waals surface area contributed by atoms with Crippen molar-refractivity contribution in [2.45, 2.75) is 51.2 Å². The molecule has 10 heteroatoms. The summed E-state index contributed by atoms with van der Waals surface area (Å²) in [5.74, 6) is -0.784. The van der Waals surface area contributed by atoms with Gasteiger partial charge in [-0.2, -0.15) is 13.2 Å². The van der Waals surface area contributed by atoms with Gasteiger partial charge in [0.05, 0.1) is 5.56 Å². The zero-order valence-corrected chi connectivity index (χ0v) is 23.9. The number of benzene rings is 2. The summed E-state index contributed by atoms with van der Waals surface area (Å²) >= 11 is 3.11. The van der Waals surface area contributed by atoms with E-state index in [1.807, 2.05) is 36.1 Å². The number of alkyl halides is 3. The van der Waals surface area contributed by atoms with Crippen LogP contribution in [0.3, 0.4) is 0 Å². The van der Waals surface area contributed by atoms with E-state index in [0.717, 1.165) is 23.3 Å². The molecule has 0 radical (unpaired) electrons. The van der Waals surface area contributed by atoms with E-state index in [-0.39, 0.29) is 39.7 Å². The van der Waals surface area contributed by atoms with Gasteiger partial charge in [0.2, 0.25) is 11.8 Å². The maximum Gasteiger partial charge on any atom is 0.416 e. The normalized spacial score (nSPS) is 20.6. The van der Waals surface area contributed by atoms with Crippen molar-refractivity contribution in [3.8, 4) is 0 Å². The monoisotopic (exact) mass is 607 g/mol. The average molecular weight is 608 g/mol. The van der Waals surface area contributed by atoms with Crippen LogP contribution in [0, 0.1) is 12.8 Å². The number of aryl methyl sites for hydroxylation is 1. The smallest absolute Gasteiger partial charge is 0.343 e. The number of likely N-dealkylation sites (N-methyl/N-ethyl adjacent to an activating group) is 1. The molecule has 39 heavy (non-hydrogen) atoms. The van der Waals surface area contributed by atoms with Crippen LogP contribution >= 0.6 is 15.9 Å². The molecule has 2 atom stereocenters. The molecule has 210 valence electrons. The predicted octanol–water partition coefficient (Wildman–Crippen LogP) is 5.49. The fraction of sp³-hybridized carbons (Fsp3) is 0.483. The Labute approximate surface area is 235 Å². The number of rotatable bonds is 4. The molecule has 2 heterocycles. The van der Waals surface area contributed by atoms with Gasteiger partial charge in [-0.05, 0) is 49.9 Å². The van der Waals surface area contributed by atoms with Crippen molar-refractivity contribution in [3.05, 3.63) is 69.2 Å². The van der Waals surface area contributed by atoms with Crippen LogP contribution in [0.15, 0.2) is 46.9 Å². The number of carbonyl (C=O) groups is 3. The number of halogens is 4. The molecule has 2 saturated heterocycles.